The molecule has 2 atom stereocenters. The predicted molar refractivity (Wildman–Crippen MR) is 60.2 cm³/mol. The first-order chi connectivity index (χ1) is 6.66. The van der Waals surface area contributed by atoms with Crippen LogP contribution in [0.2, 0.25) is 0 Å². The van der Waals surface area contributed by atoms with Gasteiger partial charge in [0.25, 0.3) is 0 Å². The van der Waals surface area contributed by atoms with Gasteiger partial charge in [-0.2, -0.15) is 0 Å². The molecule has 0 saturated carbocycles. The largest absolute Gasteiger partial charge is 0.392 e. The van der Waals surface area contributed by atoms with Gasteiger partial charge in [-0.1, -0.05) is 50.3 Å². The Morgan fingerprint density at radius 2 is 1.79 bits per heavy atom. The Morgan fingerprint density at radius 1 is 1.21 bits per heavy atom. The summed E-state index contributed by atoms with van der Waals surface area (Å²) >= 11 is 0. The van der Waals surface area contributed by atoms with E-state index in [4.69, 9.17) is 0 Å². The van der Waals surface area contributed by atoms with Gasteiger partial charge in [-0.05, 0) is 11.5 Å². The van der Waals surface area contributed by atoms with Gasteiger partial charge in [-0.3, -0.25) is 0 Å². The molecule has 0 spiro atoms. The first kappa shape index (κ1) is 11.0. The second kappa shape index (κ2) is 4.97. The van der Waals surface area contributed by atoms with E-state index in [0.29, 0.717) is 0 Å². The van der Waals surface area contributed by atoms with Gasteiger partial charge < -0.3 is 5.11 Å². The zero-order chi connectivity index (χ0) is 10.6. The molecular weight excluding hydrogens is 172 g/mol. The molecule has 0 fully saturated rings. The van der Waals surface area contributed by atoms with Crippen LogP contribution in [-0.2, 0) is 0 Å². The standard InChI is InChI=1S/C13H18O/c1-4-12(13(14)10(2)3)11-8-6-5-7-9-11/h4-10,12-14H,1H2,2-3H3/t12-,13-/m0/s1. The van der Waals surface area contributed by atoms with E-state index in [-0.39, 0.29) is 17.9 Å². The SMILES string of the molecule is C=C[C@@H](c1ccccc1)[C@@H](O)C(C)C. The van der Waals surface area contributed by atoms with Crippen molar-refractivity contribution < 1.29 is 5.11 Å². The first-order valence-corrected chi connectivity index (χ1v) is 5.02. The molecule has 0 aliphatic heterocycles. The van der Waals surface area contributed by atoms with E-state index in [2.05, 4.69) is 6.58 Å². The summed E-state index contributed by atoms with van der Waals surface area (Å²) in [5.74, 6) is 0.286. The smallest absolute Gasteiger partial charge is 0.0666 e. The van der Waals surface area contributed by atoms with Gasteiger partial charge >= 0.3 is 0 Å². The molecule has 0 radical (unpaired) electrons. The Morgan fingerprint density at radius 3 is 2.21 bits per heavy atom. The molecule has 0 amide bonds. The summed E-state index contributed by atoms with van der Waals surface area (Å²) in [7, 11) is 0. The summed E-state index contributed by atoms with van der Waals surface area (Å²) in [5.41, 5.74) is 1.13. The quantitative estimate of drug-likeness (QED) is 0.724. The van der Waals surface area contributed by atoms with Crippen molar-refractivity contribution in [2.45, 2.75) is 25.9 Å². The normalized spacial score (nSPS) is 15.1. The number of rotatable bonds is 4. The van der Waals surface area contributed by atoms with Crippen LogP contribution in [0.1, 0.15) is 25.3 Å². The van der Waals surface area contributed by atoms with Crippen molar-refractivity contribution in [3.63, 3.8) is 0 Å². The first-order valence-electron chi connectivity index (χ1n) is 5.02. The number of benzene rings is 1. The minimum atomic E-state index is -0.352. The Kier molecular flexibility index (Phi) is 3.90. The minimum Gasteiger partial charge on any atom is -0.392 e. The second-order valence-electron chi connectivity index (χ2n) is 3.91. The summed E-state index contributed by atoms with van der Waals surface area (Å²) in [6.07, 6.45) is 1.47. The third-order valence-electron chi connectivity index (χ3n) is 2.49. The Hall–Kier alpha value is -1.08. The summed E-state index contributed by atoms with van der Waals surface area (Å²) in [4.78, 5) is 0. The molecule has 1 nitrogen and oxygen atoms in total. The van der Waals surface area contributed by atoms with Crippen LogP contribution in [0.15, 0.2) is 43.0 Å². The van der Waals surface area contributed by atoms with Crippen molar-refractivity contribution in [3.05, 3.63) is 48.6 Å². The van der Waals surface area contributed by atoms with Gasteiger partial charge in [0.2, 0.25) is 0 Å². The maximum absolute atomic E-state index is 9.97. The highest BCUT2D eigenvalue weighted by Crippen LogP contribution is 2.24. The lowest BCUT2D eigenvalue weighted by atomic mass is 9.87. The van der Waals surface area contributed by atoms with E-state index in [1.54, 1.807) is 0 Å². The molecule has 0 saturated heterocycles. The maximum atomic E-state index is 9.97. The Bertz CT molecular complexity index is 277. The average Bonchev–Trinajstić information content (AvgIpc) is 2.20. The zero-order valence-corrected chi connectivity index (χ0v) is 8.85. The minimum absolute atomic E-state index is 0.0381. The fraction of sp³-hybridized carbons (Fsp3) is 0.385. The van der Waals surface area contributed by atoms with Gasteiger partial charge in [-0.25, -0.2) is 0 Å². The molecule has 1 rings (SSSR count). The van der Waals surface area contributed by atoms with E-state index in [0.717, 1.165) is 5.56 Å². The van der Waals surface area contributed by atoms with Crippen LogP contribution in [-0.4, -0.2) is 11.2 Å². The van der Waals surface area contributed by atoms with E-state index in [1.165, 1.54) is 0 Å². The van der Waals surface area contributed by atoms with Crippen LogP contribution >= 0.6 is 0 Å². The Balaban J connectivity index is 2.88. The fourth-order valence-corrected chi connectivity index (χ4v) is 1.56. The van der Waals surface area contributed by atoms with Crippen molar-refractivity contribution in [2.24, 2.45) is 5.92 Å². The fourth-order valence-electron chi connectivity index (χ4n) is 1.56. The second-order valence-corrected chi connectivity index (χ2v) is 3.91. The van der Waals surface area contributed by atoms with E-state index in [9.17, 15) is 5.11 Å². The molecule has 0 aromatic heterocycles. The summed E-state index contributed by atoms with van der Waals surface area (Å²) in [6, 6.07) is 10.00. The summed E-state index contributed by atoms with van der Waals surface area (Å²) < 4.78 is 0. The van der Waals surface area contributed by atoms with Crippen LogP contribution in [0.3, 0.4) is 0 Å². The highest BCUT2D eigenvalue weighted by Gasteiger charge is 2.20. The van der Waals surface area contributed by atoms with Crippen molar-refractivity contribution >= 4 is 0 Å². The van der Waals surface area contributed by atoms with Gasteiger partial charge in [0, 0.05) is 5.92 Å². The molecular formula is C13H18O. The number of aliphatic hydroxyl groups excluding tert-OH is 1. The van der Waals surface area contributed by atoms with Crippen LogP contribution in [0.4, 0.5) is 0 Å². The summed E-state index contributed by atoms with van der Waals surface area (Å²) in [5, 5.41) is 9.97. The molecule has 0 bridgehead atoms. The summed E-state index contributed by atoms with van der Waals surface area (Å²) in [6.45, 7) is 7.82. The van der Waals surface area contributed by atoms with Crippen LogP contribution in [0, 0.1) is 5.92 Å². The average molecular weight is 190 g/mol. The third-order valence-corrected chi connectivity index (χ3v) is 2.49. The molecule has 1 N–H and O–H groups in total. The van der Waals surface area contributed by atoms with E-state index < -0.39 is 0 Å². The molecule has 0 heterocycles. The highest BCUT2D eigenvalue weighted by atomic mass is 16.3. The zero-order valence-electron chi connectivity index (χ0n) is 8.85. The predicted octanol–water partition coefficient (Wildman–Crippen LogP) is 2.97. The van der Waals surface area contributed by atoms with Crippen molar-refractivity contribution in [1.82, 2.24) is 0 Å². The van der Waals surface area contributed by atoms with E-state index in [1.807, 2.05) is 50.3 Å². The van der Waals surface area contributed by atoms with Crippen molar-refractivity contribution in [1.29, 1.82) is 0 Å². The third kappa shape index (κ3) is 2.46. The molecule has 0 aliphatic carbocycles. The van der Waals surface area contributed by atoms with Crippen molar-refractivity contribution in [3.8, 4) is 0 Å². The van der Waals surface area contributed by atoms with Crippen molar-refractivity contribution in [2.75, 3.05) is 0 Å². The van der Waals surface area contributed by atoms with Crippen LogP contribution in [0.5, 0.6) is 0 Å². The Labute approximate surface area is 86.1 Å². The lowest BCUT2D eigenvalue weighted by Gasteiger charge is -2.23. The molecule has 0 aliphatic rings. The van der Waals surface area contributed by atoms with Gasteiger partial charge in [0.05, 0.1) is 6.10 Å². The molecule has 76 valence electrons. The van der Waals surface area contributed by atoms with E-state index >= 15 is 0 Å². The number of hydrogen-bond donors (Lipinski definition) is 1. The van der Waals surface area contributed by atoms with Gasteiger partial charge in [-0.15, -0.1) is 6.58 Å². The molecule has 1 aromatic rings. The number of aliphatic hydroxyl groups is 1. The van der Waals surface area contributed by atoms with Crippen LogP contribution in [0.25, 0.3) is 0 Å². The topological polar surface area (TPSA) is 20.2 Å². The molecule has 0 unspecified atom stereocenters. The molecule has 1 aromatic carbocycles. The monoisotopic (exact) mass is 190 g/mol. The lowest BCUT2D eigenvalue weighted by Crippen LogP contribution is -2.22. The van der Waals surface area contributed by atoms with Crippen LogP contribution < -0.4 is 0 Å². The molecule has 1 heteroatoms. The highest BCUT2D eigenvalue weighted by molar-refractivity contribution is 5.24. The number of hydrogen-bond acceptors (Lipinski definition) is 1. The van der Waals surface area contributed by atoms with Gasteiger partial charge in [0.1, 0.15) is 0 Å². The van der Waals surface area contributed by atoms with Gasteiger partial charge in [0.15, 0.2) is 0 Å². The lowest BCUT2D eigenvalue weighted by molar-refractivity contribution is 0.111. The molecule has 14 heavy (non-hydrogen) atoms. The maximum Gasteiger partial charge on any atom is 0.0666 e.